The molecule has 6 heteroatoms. The molecule has 0 saturated carbocycles. The lowest BCUT2D eigenvalue weighted by Gasteiger charge is -2.30. The fraction of sp³-hybridized carbons (Fsp3) is 0.391. The normalized spacial score (nSPS) is 16.3. The first kappa shape index (κ1) is 18.3. The predicted octanol–water partition coefficient (Wildman–Crippen LogP) is 4.60. The van der Waals surface area contributed by atoms with Gasteiger partial charge >= 0.3 is 0 Å². The van der Waals surface area contributed by atoms with Crippen LogP contribution in [0.1, 0.15) is 42.6 Å². The monoisotopic (exact) mass is 391 g/mol. The highest BCUT2D eigenvalue weighted by atomic mass is 19.1. The Morgan fingerprint density at radius 2 is 1.62 bits per heavy atom. The van der Waals surface area contributed by atoms with Crippen LogP contribution in [0.3, 0.4) is 0 Å². The molecule has 1 aliphatic rings. The third kappa shape index (κ3) is 3.21. The van der Waals surface area contributed by atoms with E-state index in [-0.39, 0.29) is 5.82 Å². The Morgan fingerprint density at radius 3 is 2.34 bits per heavy atom. The van der Waals surface area contributed by atoms with Crippen LogP contribution in [0.4, 0.5) is 4.39 Å². The molecule has 0 spiro atoms. The fourth-order valence-corrected chi connectivity index (χ4v) is 4.52. The first-order valence-corrected chi connectivity index (χ1v) is 10.4. The van der Waals surface area contributed by atoms with Gasteiger partial charge in [-0.15, -0.1) is 0 Å². The molecule has 0 unspecified atom stereocenters. The van der Waals surface area contributed by atoms with Gasteiger partial charge in [0, 0.05) is 41.8 Å². The highest BCUT2D eigenvalue weighted by Crippen LogP contribution is 2.30. The molecule has 1 saturated heterocycles. The van der Waals surface area contributed by atoms with E-state index < -0.39 is 0 Å². The molecule has 0 radical (unpaired) electrons. The van der Waals surface area contributed by atoms with Crippen molar-refractivity contribution in [2.45, 2.75) is 39.5 Å². The maximum atomic E-state index is 14.9. The summed E-state index contributed by atoms with van der Waals surface area (Å²) in [5.41, 5.74) is 6.23. The Hall–Kier alpha value is -2.73. The molecule has 0 aliphatic carbocycles. The number of aromatic nitrogens is 4. The number of nitrogens with zero attached hydrogens (tertiary/aromatic N) is 5. The van der Waals surface area contributed by atoms with E-state index in [1.165, 1.54) is 0 Å². The Labute approximate surface area is 169 Å². The van der Waals surface area contributed by atoms with Crippen LogP contribution in [0.5, 0.6) is 0 Å². The molecule has 0 aromatic carbocycles. The molecule has 0 atom stereocenters. The molecule has 0 bridgehead atoms. The van der Waals surface area contributed by atoms with Gasteiger partial charge in [0.25, 0.3) is 0 Å². The highest BCUT2D eigenvalue weighted by Gasteiger charge is 2.22. The van der Waals surface area contributed by atoms with Crippen molar-refractivity contribution < 1.29 is 4.39 Å². The van der Waals surface area contributed by atoms with Gasteiger partial charge in [-0.2, -0.15) is 0 Å². The lowest BCUT2D eigenvalue weighted by atomic mass is 9.94. The van der Waals surface area contributed by atoms with Crippen molar-refractivity contribution in [1.82, 2.24) is 23.7 Å². The van der Waals surface area contributed by atoms with Crippen LogP contribution in [0, 0.1) is 19.7 Å². The zero-order valence-corrected chi connectivity index (χ0v) is 17.2. The number of hydrogen-bond donors (Lipinski definition) is 0. The second kappa shape index (κ2) is 6.95. The van der Waals surface area contributed by atoms with Crippen molar-refractivity contribution in [3.05, 3.63) is 59.7 Å². The molecule has 4 aromatic rings. The number of likely N-dealkylation sites (tertiary alicyclic amines) is 1. The summed E-state index contributed by atoms with van der Waals surface area (Å²) in [7, 11) is 0. The minimum Gasteiger partial charge on any atom is -0.306 e. The number of halogens is 1. The number of fused-ring (bicyclic) bond motifs is 2. The summed E-state index contributed by atoms with van der Waals surface area (Å²) in [4.78, 5) is 11.7. The molecule has 5 nitrogen and oxygen atoms in total. The number of imidazole rings is 2. The van der Waals surface area contributed by atoms with Gasteiger partial charge in [-0.1, -0.05) is 6.92 Å². The predicted molar refractivity (Wildman–Crippen MR) is 113 cm³/mol. The Balaban J connectivity index is 1.53. The molecule has 0 amide bonds. The third-order valence-electron chi connectivity index (χ3n) is 6.17. The van der Waals surface area contributed by atoms with Crippen LogP contribution in [0.25, 0.3) is 22.4 Å². The number of rotatable bonds is 3. The summed E-state index contributed by atoms with van der Waals surface area (Å²) in [5, 5.41) is 0. The van der Waals surface area contributed by atoms with Gasteiger partial charge in [0.05, 0.1) is 11.4 Å². The van der Waals surface area contributed by atoms with Gasteiger partial charge in [0.1, 0.15) is 5.65 Å². The van der Waals surface area contributed by atoms with Crippen LogP contribution >= 0.6 is 0 Å². The Morgan fingerprint density at radius 1 is 0.931 bits per heavy atom. The van der Waals surface area contributed by atoms with Crippen molar-refractivity contribution in [1.29, 1.82) is 0 Å². The maximum Gasteiger partial charge on any atom is 0.173 e. The van der Waals surface area contributed by atoms with Crippen LogP contribution < -0.4 is 0 Å². The molecular weight excluding hydrogens is 365 g/mol. The minimum absolute atomic E-state index is 0.278. The smallest absolute Gasteiger partial charge is 0.173 e. The molecule has 1 aliphatic heterocycles. The molecule has 4 aromatic heterocycles. The van der Waals surface area contributed by atoms with Gasteiger partial charge in [0.15, 0.2) is 11.5 Å². The van der Waals surface area contributed by atoms with Gasteiger partial charge in [-0.05, 0) is 64.0 Å². The Bertz CT molecular complexity index is 1200. The minimum atomic E-state index is -0.278. The van der Waals surface area contributed by atoms with E-state index in [0.717, 1.165) is 66.2 Å². The number of piperidine rings is 1. The van der Waals surface area contributed by atoms with E-state index in [1.54, 1.807) is 6.07 Å². The maximum absolute atomic E-state index is 14.9. The average molecular weight is 391 g/mol. The summed E-state index contributed by atoms with van der Waals surface area (Å²) < 4.78 is 18.8. The van der Waals surface area contributed by atoms with Crippen LogP contribution in [-0.2, 0) is 0 Å². The van der Waals surface area contributed by atoms with E-state index in [2.05, 4.69) is 27.9 Å². The van der Waals surface area contributed by atoms with E-state index >= 15 is 0 Å². The quantitative estimate of drug-likeness (QED) is 0.512. The van der Waals surface area contributed by atoms with Crippen molar-refractivity contribution in [2.24, 2.45) is 0 Å². The van der Waals surface area contributed by atoms with Crippen LogP contribution in [0.2, 0.25) is 0 Å². The van der Waals surface area contributed by atoms with Crippen molar-refractivity contribution >= 4 is 11.3 Å². The highest BCUT2D eigenvalue weighted by molar-refractivity contribution is 5.68. The van der Waals surface area contributed by atoms with Gasteiger partial charge in [-0.25, -0.2) is 14.4 Å². The zero-order chi connectivity index (χ0) is 20.1. The second-order valence-corrected chi connectivity index (χ2v) is 8.21. The van der Waals surface area contributed by atoms with Crippen molar-refractivity contribution in [3.63, 3.8) is 0 Å². The van der Waals surface area contributed by atoms with Crippen LogP contribution in [0.15, 0.2) is 36.9 Å². The standard InChI is InChI=1S/C23H26FN5/c1-4-27-7-5-17(6-8-27)21-14-29-13-19(10-20(24)23(29)26-21)18-9-15(2)22-25-16(3)11-28(22)12-18/h9-14,17H,4-8H2,1-3H3. The van der Waals surface area contributed by atoms with Crippen LogP contribution in [-0.4, -0.2) is 43.3 Å². The van der Waals surface area contributed by atoms with E-state index in [0.29, 0.717) is 11.6 Å². The third-order valence-corrected chi connectivity index (χ3v) is 6.17. The Kier molecular flexibility index (Phi) is 4.39. The van der Waals surface area contributed by atoms with E-state index in [9.17, 15) is 4.39 Å². The SMILES string of the molecule is CCN1CCC(c2cn3cc(-c4cc(C)c5nc(C)cn5c4)cc(F)c3n2)CC1. The van der Waals surface area contributed by atoms with E-state index in [1.807, 2.05) is 47.4 Å². The molecule has 0 N–H and O–H groups in total. The molecular formula is C23H26FN5. The lowest BCUT2D eigenvalue weighted by Crippen LogP contribution is -2.32. The summed E-state index contributed by atoms with van der Waals surface area (Å²) in [5.74, 6) is 0.132. The zero-order valence-electron chi connectivity index (χ0n) is 17.2. The molecule has 1 fully saturated rings. The van der Waals surface area contributed by atoms with Crippen molar-refractivity contribution in [2.75, 3.05) is 19.6 Å². The summed E-state index contributed by atoms with van der Waals surface area (Å²) in [6, 6.07) is 3.66. The largest absolute Gasteiger partial charge is 0.306 e. The first-order valence-electron chi connectivity index (χ1n) is 10.4. The molecule has 150 valence electrons. The molecule has 5 heterocycles. The van der Waals surface area contributed by atoms with Gasteiger partial charge < -0.3 is 13.7 Å². The summed E-state index contributed by atoms with van der Waals surface area (Å²) in [6.07, 6.45) is 10.2. The fourth-order valence-electron chi connectivity index (χ4n) is 4.52. The summed E-state index contributed by atoms with van der Waals surface area (Å²) in [6.45, 7) is 9.50. The second-order valence-electron chi connectivity index (χ2n) is 8.21. The summed E-state index contributed by atoms with van der Waals surface area (Å²) >= 11 is 0. The topological polar surface area (TPSA) is 37.8 Å². The number of pyridine rings is 2. The van der Waals surface area contributed by atoms with Crippen molar-refractivity contribution in [3.8, 4) is 11.1 Å². The average Bonchev–Trinajstić information content (AvgIpc) is 3.31. The number of aryl methyl sites for hydroxylation is 2. The molecule has 5 rings (SSSR count). The molecule has 29 heavy (non-hydrogen) atoms. The lowest BCUT2D eigenvalue weighted by molar-refractivity contribution is 0.221. The van der Waals surface area contributed by atoms with Gasteiger partial charge in [0.2, 0.25) is 0 Å². The van der Waals surface area contributed by atoms with Gasteiger partial charge in [-0.3, -0.25) is 0 Å². The number of hydrogen-bond acceptors (Lipinski definition) is 3. The van der Waals surface area contributed by atoms with E-state index in [4.69, 9.17) is 0 Å². The first-order chi connectivity index (χ1) is 14.0.